The van der Waals surface area contributed by atoms with Crippen LogP contribution < -0.4 is 10.5 Å². The van der Waals surface area contributed by atoms with Crippen molar-refractivity contribution in [1.82, 2.24) is 10.2 Å². The molecular formula is C39H52N4O3. The van der Waals surface area contributed by atoms with Gasteiger partial charge in [-0.15, -0.1) is 10.2 Å². The van der Waals surface area contributed by atoms with Crippen molar-refractivity contribution in [2.45, 2.75) is 92.2 Å². The van der Waals surface area contributed by atoms with Gasteiger partial charge in [-0.3, -0.25) is 11.1 Å². The van der Waals surface area contributed by atoms with E-state index in [0.717, 1.165) is 47.5 Å². The molecule has 4 aromatic rings. The third kappa shape index (κ3) is 10.0. The second kappa shape index (κ2) is 16.0. The van der Waals surface area contributed by atoms with Crippen molar-refractivity contribution < 1.29 is 13.9 Å². The monoisotopic (exact) mass is 624 g/mol. The lowest BCUT2D eigenvalue weighted by molar-refractivity contribution is 0.198. The molecule has 1 heterocycles. The van der Waals surface area contributed by atoms with Gasteiger partial charge in [0.15, 0.2) is 6.23 Å². The highest BCUT2D eigenvalue weighted by atomic mass is 16.5. The Hall–Kier alpha value is -3.97. The van der Waals surface area contributed by atoms with E-state index >= 15 is 0 Å². The Morgan fingerprint density at radius 2 is 1.52 bits per heavy atom. The van der Waals surface area contributed by atoms with Gasteiger partial charge in [0.05, 0.1) is 6.61 Å². The van der Waals surface area contributed by atoms with Gasteiger partial charge in [-0.2, -0.15) is 0 Å². The van der Waals surface area contributed by atoms with Gasteiger partial charge in [-0.1, -0.05) is 98.1 Å². The van der Waals surface area contributed by atoms with Crippen LogP contribution in [0.5, 0.6) is 5.75 Å². The predicted octanol–water partition coefficient (Wildman–Crippen LogP) is 9.96. The van der Waals surface area contributed by atoms with E-state index in [0.29, 0.717) is 29.5 Å². The SMILES string of the molecule is CC(C)CC(C)C(C)CCCCCOc1cccc(C(N)OC(=N)c2cccc(-c3nnc(-c4ccc(C(C)(C)C)cc4)o3)c2)c1. The van der Waals surface area contributed by atoms with Crippen LogP contribution in [0.4, 0.5) is 0 Å². The molecule has 1 aromatic heterocycles. The van der Waals surface area contributed by atoms with Gasteiger partial charge in [0.25, 0.3) is 0 Å². The summed E-state index contributed by atoms with van der Waals surface area (Å²) in [6, 6.07) is 23.1. The largest absolute Gasteiger partial charge is 0.494 e. The zero-order valence-electron chi connectivity index (χ0n) is 28.7. The normalized spacial score (nSPS) is 13.8. The zero-order chi connectivity index (χ0) is 33.3. The molecule has 0 aliphatic heterocycles. The van der Waals surface area contributed by atoms with Crippen LogP contribution in [0.3, 0.4) is 0 Å². The summed E-state index contributed by atoms with van der Waals surface area (Å²) in [7, 11) is 0. The van der Waals surface area contributed by atoms with Crippen LogP contribution in [-0.2, 0) is 10.2 Å². The first-order chi connectivity index (χ1) is 21.9. The molecule has 0 amide bonds. The molecule has 0 saturated heterocycles. The van der Waals surface area contributed by atoms with Crippen molar-refractivity contribution in [3.8, 4) is 28.7 Å². The minimum Gasteiger partial charge on any atom is -0.494 e. The number of unbranched alkanes of at least 4 members (excludes halogenated alkanes) is 2. The highest BCUT2D eigenvalue weighted by molar-refractivity contribution is 5.92. The quantitative estimate of drug-likeness (QED) is 0.0590. The average molecular weight is 625 g/mol. The van der Waals surface area contributed by atoms with Crippen molar-refractivity contribution in [3.63, 3.8) is 0 Å². The molecule has 0 radical (unpaired) electrons. The van der Waals surface area contributed by atoms with Gasteiger partial charge < -0.3 is 13.9 Å². The molecule has 0 bridgehead atoms. The standard InChI is InChI=1S/C39H52N4O3/c1-26(2)23-28(4)27(3)13-9-8-10-22-44-34-17-12-15-31(25-34)36(41)45-35(40)30-14-11-16-32(24-30)38-43-42-37(46-38)29-18-20-33(21-19-29)39(5,6)7/h11-12,14-21,24-28,36,40H,8-10,13,22-23,41H2,1-7H3. The second-order valence-electron chi connectivity index (χ2n) is 14.0. The van der Waals surface area contributed by atoms with E-state index in [1.807, 2.05) is 48.5 Å². The maximum atomic E-state index is 8.60. The van der Waals surface area contributed by atoms with Gasteiger partial charge in [-0.25, -0.2) is 0 Å². The van der Waals surface area contributed by atoms with E-state index < -0.39 is 6.23 Å². The Morgan fingerprint density at radius 1 is 0.826 bits per heavy atom. The van der Waals surface area contributed by atoms with Crippen molar-refractivity contribution >= 4 is 5.90 Å². The molecule has 46 heavy (non-hydrogen) atoms. The molecule has 4 rings (SSSR count). The van der Waals surface area contributed by atoms with Gasteiger partial charge in [0.1, 0.15) is 5.75 Å². The number of aromatic nitrogens is 2. The third-order valence-corrected chi connectivity index (χ3v) is 8.61. The minimum absolute atomic E-state index is 0.0462. The number of benzene rings is 3. The number of rotatable bonds is 15. The first-order valence-electron chi connectivity index (χ1n) is 16.7. The first kappa shape index (κ1) is 34.9. The summed E-state index contributed by atoms with van der Waals surface area (Å²) >= 11 is 0. The molecule has 3 N–H and O–H groups in total. The van der Waals surface area contributed by atoms with Gasteiger partial charge in [-0.05, 0) is 84.0 Å². The molecule has 0 spiro atoms. The Bertz CT molecular complexity index is 1540. The van der Waals surface area contributed by atoms with Crippen LogP contribution >= 0.6 is 0 Å². The van der Waals surface area contributed by atoms with E-state index in [4.69, 9.17) is 25.0 Å². The molecule has 7 nitrogen and oxygen atoms in total. The highest BCUT2D eigenvalue weighted by Gasteiger charge is 2.18. The Balaban J connectivity index is 1.28. The maximum absolute atomic E-state index is 8.60. The van der Waals surface area contributed by atoms with E-state index in [2.05, 4.69) is 70.8 Å². The minimum atomic E-state index is -0.819. The smallest absolute Gasteiger partial charge is 0.248 e. The lowest BCUT2D eigenvalue weighted by atomic mass is 9.85. The summed E-state index contributed by atoms with van der Waals surface area (Å²) in [5, 5.41) is 17.1. The molecule has 7 heteroatoms. The predicted molar refractivity (Wildman–Crippen MR) is 187 cm³/mol. The van der Waals surface area contributed by atoms with Crippen LogP contribution in [0.25, 0.3) is 22.9 Å². The van der Waals surface area contributed by atoms with Crippen molar-refractivity contribution in [2.75, 3.05) is 6.61 Å². The molecule has 0 fully saturated rings. The molecule has 0 aliphatic carbocycles. The Kier molecular flexibility index (Phi) is 12.2. The number of nitrogens with two attached hydrogens (primary N) is 1. The summed E-state index contributed by atoms with van der Waals surface area (Å²) in [5.41, 5.74) is 10.5. The summed E-state index contributed by atoms with van der Waals surface area (Å²) < 4.78 is 17.9. The molecule has 3 atom stereocenters. The van der Waals surface area contributed by atoms with E-state index in [1.165, 1.54) is 24.8 Å². The molecule has 246 valence electrons. The summed E-state index contributed by atoms with van der Waals surface area (Å²) in [4.78, 5) is 0. The molecule has 0 aliphatic rings. The number of nitrogens with zero attached hydrogens (tertiary/aromatic N) is 2. The fourth-order valence-corrected chi connectivity index (χ4v) is 5.60. The fourth-order valence-electron chi connectivity index (χ4n) is 5.60. The highest BCUT2D eigenvalue weighted by Crippen LogP contribution is 2.29. The Morgan fingerprint density at radius 3 is 2.22 bits per heavy atom. The second-order valence-corrected chi connectivity index (χ2v) is 14.0. The fraction of sp³-hybridized carbons (Fsp3) is 0.462. The number of hydrogen-bond acceptors (Lipinski definition) is 7. The molecule has 3 aromatic carbocycles. The summed E-state index contributed by atoms with van der Waals surface area (Å²) in [6.07, 6.45) is 5.16. The van der Waals surface area contributed by atoms with Gasteiger partial charge >= 0.3 is 0 Å². The van der Waals surface area contributed by atoms with Crippen LogP contribution in [0.15, 0.2) is 77.2 Å². The molecule has 0 saturated carbocycles. The molecule has 3 unspecified atom stereocenters. The average Bonchev–Trinajstić information content (AvgIpc) is 3.53. The number of hydrogen-bond donors (Lipinski definition) is 2. The van der Waals surface area contributed by atoms with Crippen LogP contribution in [0.2, 0.25) is 0 Å². The lowest BCUT2D eigenvalue weighted by Crippen LogP contribution is -2.19. The van der Waals surface area contributed by atoms with E-state index in [9.17, 15) is 0 Å². The first-order valence-corrected chi connectivity index (χ1v) is 16.7. The third-order valence-electron chi connectivity index (χ3n) is 8.61. The van der Waals surface area contributed by atoms with Gasteiger partial charge in [0.2, 0.25) is 17.7 Å². The van der Waals surface area contributed by atoms with Crippen LogP contribution in [-0.4, -0.2) is 22.7 Å². The van der Waals surface area contributed by atoms with E-state index in [-0.39, 0.29) is 11.3 Å². The summed E-state index contributed by atoms with van der Waals surface area (Å²) in [6.45, 7) is 16.6. The number of nitrogens with one attached hydrogen (secondary N) is 1. The number of ether oxygens (including phenoxy) is 2. The van der Waals surface area contributed by atoms with Crippen molar-refractivity contribution in [2.24, 2.45) is 23.5 Å². The van der Waals surface area contributed by atoms with Crippen molar-refractivity contribution in [1.29, 1.82) is 5.41 Å². The topological polar surface area (TPSA) is 107 Å². The maximum Gasteiger partial charge on any atom is 0.248 e. The zero-order valence-corrected chi connectivity index (χ0v) is 28.7. The van der Waals surface area contributed by atoms with E-state index in [1.54, 1.807) is 12.1 Å². The summed E-state index contributed by atoms with van der Waals surface area (Å²) in [5.74, 6) is 3.82. The van der Waals surface area contributed by atoms with Crippen molar-refractivity contribution in [3.05, 3.63) is 89.5 Å². The lowest BCUT2D eigenvalue weighted by Gasteiger charge is -2.21. The van der Waals surface area contributed by atoms with Gasteiger partial charge in [0, 0.05) is 22.3 Å². The Labute approximate surface area is 275 Å². The van der Waals surface area contributed by atoms with Crippen LogP contribution in [0.1, 0.15) is 103 Å². The molecular weight excluding hydrogens is 572 g/mol. The van der Waals surface area contributed by atoms with Crippen LogP contribution in [0, 0.1) is 23.2 Å².